The van der Waals surface area contributed by atoms with Crippen LogP contribution in [0, 0.1) is 0 Å². The number of urea groups is 1. The molecule has 0 aliphatic heterocycles. The summed E-state index contributed by atoms with van der Waals surface area (Å²) in [5.74, 6) is -1.74. The van der Waals surface area contributed by atoms with E-state index in [4.69, 9.17) is 0 Å². The van der Waals surface area contributed by atoms with Crippen LogP contribution in [0.25, 0.3) is 0 Å². The summed E-state index contributed by atoms with van der Waals surface area (Å²) in [4.78, 5) is 27.0. The Labute approximate surface area is 125 Å². The minimum atomic E-state index is -0.971. The van der Waals surface area contributed by atoms with Crippen LogP contribution in [-0.4, -0.2) is 28.6 Å². The van der Waals surface area contributed by atoms with Crippen molar-refractivity contribution >= 4 is 23.3 Å². The number of aromatic nitrogens is 1. The predicted octanol–water partition coefficient (Wildman–Crippen LogP) is 1.81. The molecule has 3 N–H and O–H groups in total. The minimum absolute atomic E-state index is 0.0308. The molecule has 110 valence electrons. The predicted molar refractivity (Wildman–Crippen MR) is 79.2 cm³/mol. The van der Waals surface area contributed by atoms with Gasteiger partial charge in [-0.25, -0.2) is 9.78 Å². The Balaban J connectivity index is 1.84. The third-order valence-corrected chi connectivity index (χ3v) is 3.63. The van der Waals surface area contributed by atoms with Crippen molar-refractivity contribution < 1.29 is 14.7 Å². The summed E-state index contributed by atoms with van der Waals surface area (Å²) in [6, 6.07) is 8.41. The number of hydrogen-bond donors (Lipinski definition) is 3. The Hall–Kier alpha value is -2.41. The second-order valence-corrected chi connectivity index (χ2v) is 5.27. The molecule has 2 rings (SSSR count). The molecule has 1 aromatic heterocycles. The van der Waals surface area contributed by atoms with E-state index < -0.39 is 17.9 Å². The molecule has 1 heterocycles. The monoisotopic (exact) mass is 305 g/mol. The van der Waals surface area contributed by atoms with Crippen LogP contribution in [0.5, 0.6) is 0 Å². The van der Waals surface area contributed by atoms with Gasteiger partial charge in [-0.2, -0.15) is 0 Å². The molecule has 0 radical (unpaired) electrons. The molecule has 0 bridgehead atoms. The first-order chi connectivity index (χ1) is 10.2. The van der Waals surface area contributed by atoms with Gasteiger partial charge in [-0.1, -0.05) is 30.3 Å². The molecule has 7 heteroatoms. The van der Waals surface area contributed by atoms with Crippen molar-refractivity contribution in [2.45, 2.75) is 12.5 Å². The van der Waals surface area contributed by atoms with Crippen molar-refractivity contribution in [3.05, 3.63) is 52.5 Å². The summed E-state index contributed by atoms with van der Waals surface area (Å²) in [5.41, 5.74) is 0.658. The minimum Gasteiger partial charge on any atom is -0.481 e. The Kier molecular flexibility index (Phi) is 5.28. The first kappa shape index (κ1) is 15.0. The van der Waals surface area contributed by atoms with Crippen LogP contribution in [-0.2, 0) is 11.3 Å². The van der Waals surface area contributed by atoms with Crippen LogP contribution in [0.3, 0.4) is 0 Å². The fraction of sp³-hybridized carbons (Fsp3) is 0.214. The van der Waals surface area contributed by atoms with Crippen molar-refractivity contribution in [1.82, 2.24) is 15.6 Å². The van der Waals surface area contributed by atoms with E-state index in [1.165, 1.54) is 11.3 Å². The second-order valence-electron chi connectivity index (χ2n) is 4.29. The molecule has 0 saturated carbocycles. The lowest BCUT2D eigenvalue weighted by atomic mass is 9.99. The Morgan fingerprint density at radius 2 is 2.00 bits per heavy atom. The summed E-state index contributed by atoms with van der Waals surface area (Å²) < 4.78 is 0. The van der Waals surface area contributed by atoms with Crippen LogP contribution in [0.1, 0.15) is 16.5 Å². The van der Waals surface area contributed by atoms with Crippen LogP contribution < -0.4 is 10.6 Å². The largest absolute Gasteiger partial charge is 0.481 e. The number of carboxylic acid groups (broad SMARTS) is 1. The Morgan fingerprint density at radius 1 is 1.24 bits per heavy atom. The van der Waals surface area contributed by atoms with Gasteiger partial charge in [-0.15, -0.1) is 11.3 Å². The van der Waals surface area contributed by atoms with E-state index in [9.17, 15) is 14.7 Å². The molecule has 0 spiro atoms. The molecule has 0 fully saturated rings. The summed E-state index contributed by atoms with van der Waals surface area (Å²) >= 11 is 1.44. The molecule has 0 aliphatic rings. The average molecular weight is 305 g/mol. The number of carbonyl (C=O) groups excluding carboxylic acids is 1. The van der Waals surface area contributed by atoms with E-state index in [0.717, 1.165) is 5.01 Å². The van der Waals surface area contributed by atoms with E-state index in [-0.39, 0.29) is 6.54 Å². The smallest absolute Gasteiger partial charge is 0.315 e. The van der Waals surface area contributed by atoms with Gasteiger partial charge in [0.05, 0.1) is 12.5 Å². The lowest BCUT2D eigenvalue weighted by Crippen LogP contribution is -2.38. The Morgan fingerprint density at radius 3 is 2.62 bits per heavy atom. The van der Waals surface area contributed by atoms with Crippen LogP contribution >= 0.6 is 11.3 Å². The van der Waals surface area contributed by atoms with Gasteiger partial charge in [0.25, 0.3) is 0 Å². The number of carbonyl (C=O) groups is 2. The second kappa shape index (κ2) is 7.39. The maximum atomic E-state index is 11.7. The quantitative estimate of drug-likeness (QED) is 0.759. The number of hydrogen-bond acceptors (Lipinski definition) is 4. The number of rotatable bonds is 6. The standard InChI is InChI=1S/C14H15N3O3S/c18-13(19)11(10-4-2-1-3-5-10)8-16-14(20)17-9-12-15-6-7-21-12/h1-7,11H,8-9H2,(H,18,19)(H2,16,17,20). The van der Waals surface area contributed by atoms with Crippen molar-refractivity contribution in [3.8, 4) is 0 Å². The van der Waals surface area contributed by atoms with E-state index in [1.54, 1.807) is 30.5 Å². The van der Waals surface area contributed by atoms with Crippen molar-refractivity contribution in [2.24, 2.45) is 0 Å². The van der Waals surface area contributed by atoms with Crippen molar-refractivity contribution in [1.29, 1.82) is 0 Å². The molecule has 0 saturated heterocycles. The van der Waals surface area contributed by atoms with Crippen LogP contribution in [0.15, 0.2) is 41.9 Å². The third kappa shape index (κ3) is 4.57. The molecule has 2 aromatic rings. The van der Waals surface area contributed by atoms with Crippen LogP contribution in [0.4, 0.5) is 4.79 Å². The van der Waals surface area contributed by atoms with E-state index in [2.05, 4.69) is 15.6 Å². The highest BCUT2D eigenvalue weighted by molar-refractivity contribution is 7.09. The van der Waals surface area contributed by atoms with Gasteiger partial charge in [0, 0.05) is 18.1 Å². The topological polar surface area (TPSA) is 91.3 Å². The fourth-order valence-electron chi connectivity index (χ4n) is 1.79. The first-order valence-corrected chi connectivity index (χ1v) is 7.22. The van der Waals surface area contributed by atoms with E-state index in [1.807, 2.05) is 11.4 Å². The molecular weight excluding hydrogens is 290 g/mol. The molecule has 0 aliphatic carbocycles. The van der Waals surface area contributed by atoms with Gasteiger partial charge >= 0.3 is 12.0 Å². The molecule has 21 heavy (non-hydrogen) atoms. The number of amides is 2. The number of aliphatic carboxylic acids is 1. The number of carboxylic acids is 1. The highest BCUT2D eigenvalue weighted by Crippen LogP contribution is 2.14. The lowest BCUT2D eigenvalue weighted by Gasteiger charge is -2.14. The van der Waals surface area contributed by atoms with Crippen molar-refractivity contribution in [2.75, 3.05) is 6.54 Å². The van der Waals surface area contributed by atoms with Gasteiger partial charge in [-0.05, 0) is 5.56 Å². The number of benzene rings is 1. The molecule has 6 nitrogen and oxygen atoms in total. The molecule has 2 amide bonds. The maximum Gasteiger partial charge on any atom is 0.315 e. The number of nitrogens with one attached hydrogen (secondary N) is 2. The third-order valence-electron chi connectivity index (χ3n) is 2.85. The SMILES string of the molecule is O=C(NCc1nccs1)NCC(C(=O)O)c1ccccc1. The normalized spacial score (nSPS) is 11.6. The van der Waals surface area contributed by atoms with E-state index in [0.29, 0.717) is 12.1 Å². The average Bonchev–Trinajstić information content (AvgIpc) is 2.99. The van der Waals surface area contributed by atoms with Gasteiger partial charge in [0.1, 0.15) is 5.01 Å². The van der Waals surface area contributed by atoms with Crippen LogP contribution in [0.2, 0.25) is 0 Å². The van der Waals surface area contributed by atoms with Gasteiger partial charge in [0.15, 0.2) is 0 Å². The zero-order chi connectivity index (χ0) is 15.1. The number of thiazole rings is 1. The zero-order valence-corrected chi connectivity index (χ0v) is 12.0. The highest BCUT2D eigenvalue weighted by atomic mass is 32.1. The molecule has 1 aromatic carbocycles. The number of nitrogens with zero attached hydrogens (tertiary/aromatic N) is 1. The molecular formula is C14H15N3O3S. The maximum absolute atomic E-state index is 11.7. The highest BCUT2D eigenvalue weighted by Gasteiger charge is 2.20. The van der Waals surface area contributed by atoms with Gasteiger partial charge in [0.2, 0.25) is 0 Å². The van der Waals surface area contributed by atoms with E-state index >= 15 is 0 Å². The Bertz CT molecular complexity index is 587. The van der Waals surface area contributed by atoms with Gasteiger partial charge in [-0.3, -0.25) is 4.79 Å². The zero-order valence-electron chi connectivity index (χ0n) is 11.2. The van der Waals surface area contributed by atoms with Crippen molar-refractivity contribution in [3.63, 3.8) is 0 Å². The summed E-state index contributed by atoms with van der Waals surface area (Å²) in [7, 11) is 0. The lowest BCUT2D eigenvalue weighted by molar-refractivity contribution is -0.138. The fourth-order valence-corrected chi connectivity index (χ4v) is 2.34. The summed E-state index contributed by atoms with van der Waals surface area (Å²) in [6.07, 6.45) is 1.66. The summed E-state index contributed by atoms with van der Waals surface area (Å²) in [6.45, 7) is 0.357. The first-order valence-electron chi connectivity index (χ1n) is 6.34. The van der Waals surface area contributed by atoms with Gasteiger partial charge < -0.3 is 15.7 Å². The summed E-state index contributed by atoms with van der Waals surface area (Å²) in [5, 5.41) is 17.1. The molecule has 1 atom stereocenters. The molecule has 1 unspecified atom stereocenters.